The van der Waals surface area contributed by atoms with Gasteiger partial charge in [-0.05, 0) is 31.8 Å². The van der Waals surface area contributed by atoms with Gasteiger partial charge in [0.25, 0.3) is 5.69 Å². The molecule has 2 rings (SSSR count). The molecule has 0 aliphatic carbocycles. The lowest BCUT2D eigenvalue weighted by molar-refractivity contribution is -0.385. The highest BCUT2D eigenvalue weighted by Gasteiger charge is 2.22. The Morgan fingerprint density at radius 2 is 2.11 bits per heavy atom. The third kappa shape index (κ3) is 5.31. The summed E-state index contributed by atoms with van der Waals surface area (Å²) in [6.45, 7) is 0.605. The number of nitro groups is 1. The highest BCUT2D eigenvalue weighted by atomic mass is 35.5. The highest BCUT2D eigenvalue weighted by Crippen LogP contribution is 2.35. The molecular formula is C16H19ClN4O6. The summed E-state index contributed by atoms with van der Waals surface area (Å²) in [5.41, 5.74) is -0.0958. The lowest BCUT2D eigenvalue weighted by atomic mass is 10.1. The van der Waals surface area contributed by atoms with Crippen molar-refractivity contribution in [3.63, 3.8) is 0 Å². The van der Waals surface area contributed by atoms with E-state index in [1.54, 1.807) is 0 Å². The average molecular weight is 399 g/mol. The number of carbonyl (C=O) groups excluding carboxylic acids is 1. The number of rotatable bonds is 8. The van der Waals surface area contributed by atoms with Crippen molar-refractivity contribution in [1.82, 2.24) is 14.5 Å². The summed E-state index contributed by atoms with van der Waals surface area (Å²) in [6.07, 6.45) is 1.84. The van der Waals surface area contributed by atoms with Crippen molar-refractivity contribution >= 4 is 23.4 Å². The Bertz CT molecular complexity index is 823. The van der Waals surface area contributed by atoms with E-state index in [0.29, 0.717) is 18.9 Å². The van der Waals surface area contributed by atoms with Gasteiger partial charge >= 0.3 is 6.09 Å². The van der Waals surface area contributed by atoms with Gasteiger partial charge in [-0.1, -0.05) is 0 Å². The minimum atomic E-state index is -0.808. The van der Waals surface area contributed by atoms with E-state index in [9.17, 15) is 14.9 Å². The second-order valence-corrected chi connectivity index (χ2v) is 6.00. The normalized spacial score (nSPS) is 10.7. The topological polar surface area (TPSA) is 109 Å². The monoisotopic (exact) mass is 398 g/mol. The van der Waals surface area contributed by atoms with Crippen molar-refractivity contribution in [2.45, 2.75) is 6.61 Å². The molecule has 1 aromatic carbocycles. The van der Waals surface area contributed by atoms with E-state index in [1.807, 2.05) is 19.0 Å². The molecule has 0 fully saturated rings. The summed E-state index contributed by atoms with van der Waals surface area (Å²) in [7, 11) is 5.18. The molecule has 2 aromatic rings. The zero-order chi connectivity index (χ0) is 20.0. The van der Waals surface area contributed by atoms with Gasteiger partial charge in [0.15, 0.2) is 11.5 Å². The number of methoxy groups -OCH3 is 1. The summed E-state index contributed by atoms with van der Waals surface area (Å²) >= 11 is 5.74. The van der Waals surface area contributed by atoms with Crippen molar-refractivity contribution in [3.8, 4) is 11.5 Å². The second kappa shape index (κ2) is 9.19. The number of carbonyl (C=O) groups is 1. The molecular weight excluding hydrogens is 380 g/mol. The number of halogens is 1. The Balaban J connectivity index is 2.20. The zero-order valence-electron chi connectivity index (χ0n) is 15.0. The number of aromatic nitrogens is 2. The molecule has 11 heteroatoms. The molecule has 0 aliphatic rings. The standard InChI is InChI=1S/C16H19ClN4O6/c1-19(2)6-7-26-14-9-12(21(23)24)11(8-13(14)25-3)10-27-16(22)20-5-4-18-15(20)17/h4-5,8-9H,6-7,10H2,1-3H3. The quantitative estimate of drug-likeness (QED) is 0.493. The van der Waals surface area contributed by atoms with Crippen LogP contribution in [0.25, 0.3) is 0 Å². The SMILES string of the molecule is COc1cc(COC(=O)n2ccnc2Cl)c([N+](=O)[O-])cc1OCCN(C)C. The number of hydrogen-bond donors (Lipinski definition) is 0. The van der Waals surface area contributed by atoms with E-state index >= 15 is 0 Å². The summed E-state index contributed by atoms with van der Waals surface area (Å²) < 4.78 is 16.9. The summed E-state index contributed by atoms with van der Waals surface area (Å²) in [6, 6.07) is 2.66. The van der Waals surface area contributed by atoms with Gasteiger partial charge in [0.2, 0.25) is 5.28 Å². The molecule has 0 atom stereocenters. The van der Waals surface area contributed by atoms with E-state index in [2.05, 4.69) is 4.98 Å². The summed E-state index contributed by atoms with van der Waals surface area (Å²) in [4.78, 5) is 28.4. The fraction of sp³-hybridized carbons (Fsp3) is 0.375. The fourth-order valence-electron chi connectivity index (χ4n) is 2.12. The van der Waals surface area contributed by atoms with Crippen LogP contribution in [-0.4, -0.2) is 59.8 Å². The predicted octanol–water partition coefficient (Wildman–Crippen LogP) is 2.58. The molecule has 0 N–H and O–H groups in total. The van der Waals surface area contributed by atoms with Crippen LogP contribution in [0.5, 0.6) is 11.5 Å². The lowest BCUT2D eigenvalue weighted by Gasteiger charge is -2.15. The Morgan fingerprint density at radius 3 is 2.67 bits per heavy atom. The van der Waals surface area contributed by atoms with E-state index in [0.717, 1.165) is 4.57 Å². The summed E-state index contributed by atoms with van der Waals surface area (Å²) in [5.74, 6) is 0.532. The molecule has 1 heterocycles. The third-order valence-corrected chi connectivity index (χ3v) is 3.78. The first-order chi connectivity index (χ1) is 12.8. The molecule has 1 aromatic heterocycles. The van der Waals surface area contributed by atoms with Gasteiger partial charge in [0, 0.05) is 18.9 Å². The Morgan fingerprint density at radius 1 is 1.37 bits per heavy atom. The molecule has 146 valence electrons. The van der Waals surface area contributed by atoms with Gasteiger partial charge in [0.1, 0.15) is 13.2 Å². The van der Waals surface area contributed by atoms with Crippen LogP contribution < -0.4 is 9.47 Å². The van der Waals surface area contributed by atoms with Crippen molar-refractivity contribution in [2.75, 3.05) is 34.4 Å². The number of imidazole rings is 1. The van der Waals surface area contributed by atoms with Crippen LogP contribution in [0.15, 0.2) is 24.5 Å². The van der Waals surface area contributed by atoms with Gasteiger partial charge in [-0.25, -0.2) is 14.3 Å². The minimum Gasteiger partial charge on any atom is -0.493 e. The van der Waals surface area contributed by atoms with Crippen LogP contribution in [0.1, 0.15) is 5.56 Å². The zero-order valence-corrected chi connectivity index (χ0v) is 15.8. The van der Waals surface area contributed by atoms with Crippen LogP contribution in [0.3, 0.4) is 0 Å². The van der Waals surface area contributed by atoms with Crippen LogP contribution in [-0.2, 0) is 11.3 Å². The molecule has 0 spiro atoms. The predicted molar refractivity (Wildman–Crippen MR) is 96.5 cm³/mol. The van der Waals surface area contributed by atoms with Crippen LogP contribution in [0.4, 0.5) is 10.5 Å². The lowest BCUT2D eigenvalue weighted by Crippen LogP contribution is -2.19. The Hall–Kier alpha value is -2.85. The molecule has 0 saturated heterocycles. The largest absolute Gasteiger partial charge is 0.493 e. The third-order valence-electron chi connectivity index (χ3n) is 3.50. The summed E-state index contributed by atoms with van der Waals surface area (Å²) in [5, 5.41) is 11.3. The maximum atomic E-state index is 12.0. The molecule has 27 heavy (non-hydrogen) atoms. The van der Waals surface area contributed by atoms with Crippen molar-refractivity contribution in [2.24, 2.45) is 0 Å². The van der Waals surface area contributed by atoms with E-state index in [-0.39, 0.29) is 28.9 Å². The van der Waals surface area contributed by atoms with Gasteiger partial charge in [0.05, 0.1) is 23.7 Å². The van der Waals surface area contributed by atoms with Gasteiger partial charge in [-0.2, -0.15) is 0 Å². The van der Waals surface area contributed by atoms with Crippen LogP contribution >= 0.6 is 11.6 Å². The number of hydrogen-bond acceptors (Lipinski definition) is 8. The minimum absolute atomic E-state index is 0.0725. The first-order valence-electron chi connectivity index (χ1n) is 7.82. The average Bonchev–Trinajstić information content (AvgIpc) is 3.05. The first-order valence-corrected chi connectivity index (χ1v) is 8.20. The van der Waals surface area contributed by atoms with Crippen molar-refractivity contribution < 1.29 is 23.9 Å². The van der Waals surface area contributed by atoms with Gasteiger partial charge in [-0.15, -0.1) is 0 Å². The van der Waals surface area contributed by atoms with Crippen LogP contribution in [0, 0.1) is 10.1 Å². The van der Waals surface area contributed by atoms with E-state index < -0.39 is 11.0 Å². The van der Waals surface area contributed by atoms with Gasteiger partial charge in [-0.3, -0.25) is 10.1 Å². The fourth-order valence-corrected chi connectivity index (χ4v) is 2.30. The molecule has 0 unspecified atom stereocenters. The first kappa shape index (κ1) is 20.5. The van der Waals surface area contributed by atoms with Gasteiger partial charge < -0.3 is 19.1 Å². The maximum Gasteiger partial charge on any atom is 0.420 e. The van der Waals surface area contributed by atoms with E-state index in [4.69, 9.17) is 25.8 Å². The number of ether oxygens (including phenoxy) is 3. The molecule has 0 bridgehead atoms. The Kier molecular flexibility index (Phi) is 6.97. The second-order valence-electron chi connectivity index (χ2n) is 5.66. The van der Waals surface area contributed by atoms with Crippen LogP contribution in [0.2, 0.25) is 5.28 Å². The number of nitrogens with zero attached hydrogens (tertiary/aromatic N) is 4. The van der Waals surface area contributed by atoms with Crippen molar-refractivity contribution in [1.29, 1.82) is 0 Å². The maximum absolute atomic E-state index is 12.0. The molecule has 0 saturated carbocycles. The molecule has 0 radical (unpaired) electrons. The Labute approximate surface area is 160 Å². The number of likely N-dealkylation sites (N-methyl/N-ethyl adjacent to an activating group) is 1. The molecule has 0 amide bonds. The smallest absolute Gasteiger partial charge is 0.420 e. The molecule has 0 aliphatic heterocycles. The van der Waals surface area contributed by atoms with E-state index in [1.165, 1.54) is 31.6 Å². The molecule has 10 nitrogen and oxygen atoms in total. The number of nitro benzene ring substituents is 1. The highest BCUT2D eigenvalue weighted by molar-refractivity contribution is 6.29. The van der Waals surface area contributed by atoms with Crippen molar-refractivity contribution in [3.05, 3.63) is 45.5 Å². The number of benzene rings is 1.